The fourth-order valence-electron chi connectivity index (χ4n) is 4.87. The number of fused-ring (bicyclic) bond motifs is 2. The van der Waals surface area contributed by atoms with Crippen molar-refractivity contribution in [3.8, 4) is 0 Å². The molecule has 0 unspecified atom stereocenters. The first-order valence-electron chi connectivity index (χ1n) is 12.0. The summed E-state index contributed by atoms with van der Waals surface area (Å²) < 4.78 is 0. The predicted molar refractivity (Wildman–Crippen MR) is 140 cm³/mol. The second-order valence-corrected chi connectivity index (χ2v) is 9.05. The van der Waals surface area contributed by atoms with Crippen molar-refractivity contribution in [2.75, 3.05) is 6.61 Å². The van der Waals surface area contributed by atoms with E-state index in [4.69, 9.17) is 0 Å². The van der Waals surface area contributed by atoms with Gasteiger partial charge in [0, 0.05) is 24.2 Å². The third kappa shape index (κ3) is 5.26. The summed E-state index contributed by atoms with van der Waals surface area (Å²) in [6.45, 7) is -0.139. The van der Waals surface area contributed by atoms with Gasteiger partial charge in [-0.1, -0.05) is 84.9 Å². The average molecular weight is 464 g/mol. The number of carbonyl (C=O) groups is 1. The minimum absolute atomic E-state index is 0.0515. The summed E-state index contributed by atoms with van der Waals surface area (Å²) in [7, 11) is 0. The first-order valence-corrected chi connectivity index (χ1v) is 12.0. The molecular weight excluding hydrogens is 434 g/mol. The smallest absolute Gasteiger partial charge is 0.224 e. The van der Waals surface area contributed by atoms with Gasteiger partial charge in [0.1, 0.15) is 0 Å². The number of aliphatic hydroxyl groups excluding tert-OH is 1. The van der Waals surface area contributed by atoms with Gasteiger partial charge in [-0.15, -0.1) is 0 Å². The van der Waals surface area contributed by atoms with Gasteiger partial charge in [0.25, 0.3) is 0 Å². The Bertz CT molecular complexity index is 1340. The minimum Gasteiger partial charge on any atom is -0.394 e. The molecule has 1 atom stereocenters. The van der Waals surface area contributed by atoms with Crippen LogP contribution in [0.25, 0.3) is 21.5 Å². The molecule has 5 nitrogen and oxygen atoms in total. The quantitative estimate of drug-likeness (QED) is 0.293. The molecule has 5 heteroatoms. The Morgan fingerprint density at radius 3 is 1.91 bits per heavy atom. The molecule has 3 N–H and O–H groups in total. The third-order valence-electron chi connectivity index (χ3n) is 6.65. The summed E-state index contributed by atoms with van der Waals surface area (Å²) in [6, 6.07) is 28.7. The summed E-state index contributed by atoms with van der Waals surface area (Å²) in [5, 5.41) is 17.7. The third-order valence-corrected chi connectivity index (χ3v) is 6.65. The summed E-state index contributed by atoms with van der Waals surface area (Å²) >= 11 is 0. The van der Waals surface area contributed by atoms with E-state index < -0.39 is 0 Å². The van der Waals surface area contributed by atoms with Crippen LogP contribution in [0.4, 0.5) is 0 Å². The molecule has 5 rings (SSSR count). The first-order chi connectivity index (χ1) is 17.2. The van der Waals surface area contributed by atoms with E-state index in [1.165, 1.54) is 21.5 Å². The number of amides is 1. The molecular formula is C30H29N3O2. The van der Waals surface area contributed by atoms with Crippen molar-refractivity contribution < 1.29 is 9.90 Å². The molecule has 176 valence electrons. The van der Waals surface area contributed by atoms with Gasteiger partial charge in [-0.25, -0.2) is 4.98 Å². The van der Waals surface area contributed by atoms with Gasteiger partial charge in [-0.2, -0.15) is 0 Å². The first kappa shape index (κ1) is 22.8. The lowest BCUT2D eigenvalue weighted by molar-refractivity contribution is -0.126. The largest absolute Gasteiger partial charge is 0.394 e. The predicted octanol–water partition coefficient (Wildman–Crippen LogP) is 4.84. The van der Waals surface area contributed by atoms with Crippen LogP contribution in [0.1, 0.15) is 16.8 Å². The molecule has 1 aromatic heterocycles. The molecule has 0 aliphatic rings. The summed E-state index contributed by atoms with van der Waals surface area (Å²) in [5.74, 6) is -0.341. The molecule has 0 saturated heterocycles. The van der Waals surface area contributed by atoms with Gasteiger partial charge in [-0.05, 0) is 45.5 Å². The Labute approximate surface area is 204 Å². The van der Waals surface area contributed by atoms with E-state index >= 15 is 0 Å². The van der Waals surface area contributed by atoms with Crippen molar-refractivity contribution in [2.24, 2.45) is 5.92 Å². The second kappa shape index (κ2) is 10.5. The van der Waals surface area contributed by atoms with Crippen LogP contribution in [0.2, 0.25) is 0 Å². The lowest BCUT2D eigenvalue weighted by Crippen LogP contribution is -2.43. The zero-order valence-corrected chi connectivity index (χ0v) is 19.5. The van der Waals surface area contributed by atoms with Gasteiger partial charge in [0.15, 0.2) is 0 Å². The Balaban J connectivity index is 1.46. The van der Waals surface area contributed by atoms with Crippen molar-refractivity contribution in [3.63, 3.8) is 0 Å². The monoisotopic (exact) mass is 463 g/mol. The van der Waals surface area contributed by atoms with Crippen LogP contribution in [-0.4, -0.2) is 33.6 Å². The minimum atomic E-state index is -0.384. The number of aromatic nitrogens is 2. The molecule has 0 spiro atoms. The molecule has 0 aliphatic heterocycles. The number of imidazole rings is 1. The molecule has 35 heavy (non-hydrogen) atoms. The Morgan fingerprint density at radius 2 is 1.37 bits per heavy atom. The van der Waals surface area contributed by atoms with Crippen molar-refractivity contribution in [3.05, 3.63) is 114 Å². The highest BCUT2D eigenvalue weighted by molar-refractivity contribution is 5.88. The van der Waals surface area contributed by atoms with Crippen molar-refractivity contribution in [1.29, 1.82) is 0 Å². The molecule has 4 aromatic carbocycles. The Hall–Kier alpha value is -3.96. The van der Waals surface area contributed by atoms with Gasteiger partial charge in [-0.3, -0.25) is 4.79 Å². The zero-order chi connectivity index (χ0) is 24.0. The van der Waals surface area contributed by atoms with Gasteiger partial charge in [0.2, 0.25) is 5.91 Å². The zero-order valence-electron chi connectivity index (χ0n) is 19.5. The van der Waals surface area contributed by atoms with E-state index in [1.54, 1.807) is 12.5 Å². The number of aliphatic hydroxyl groups is 1. The SMILES string of the molecule is O=C(N[C@H](CO)Cc1cnc[nH]1)C(Cc1cccc2ccccc12)Cc1cccc2ccccc12. The number of hydrogen-bond donors (Lipinski definition) is 3. The van der Waals surface area contributed by atoms with E-state index in [0.717, 1.165) is 16.8 Å². The molecule has 0 aliphatic carbocycles. The topological polar surface area (TPSA) is 78.0 Å². The summed E-state index contributed by atoms with van der Waals surface area (Å²) in [4.78, 5) is 20.8. The van der Waals surface area contributed by atoms with E-state index in [9.17, 15) is 9.90 Å². The van der Waals surface area contributed by atoms with Crippen LogP contribution in [0, 0.1) is 5.92 Å². The summed E-state index contributed by atoms with van der Waals surface area (Å²) in [5.41, 5.74) is 3.18. The number of benzene rings is 4. The maximum Gasteiger partial charge on any atom is 0.224 e. The van der Waals surface area contributed by atoms with Crippen LogP contribution < -0.4 is 5.32 Å². The number of nitrogens with zero attached hydrogens (tertiary/aromatic N) is 1. The fourth-order valence-corrected chi connectivity index (χ4v) is 4.87. The van der Waals surface area contributed by atoms with Gasteiger partial charge >= 0.3 is 0 Å². The van der Waals surface area contributed by atoms with Crippen molar-refractivity contribution in [1.82, 2.24) is 15.3 Å². The van der Waals surface area contributed by atoms with Crippen LogP contribution in [0.3, 0.4) is 0 Å². The highest BCUT2D eigenvalue weighted by Gasteiger charge is 2.24. The Kier molecular flexibility index (Phi) is 6.87. The van der Waals surface area contributed by atoms with E-state index in [0.29, 0.717) is 19.3 Å². The van der Waals surface area contributed by atoms with Crippen LogP contribution in [0.15, 0.2) is 97.5 Å². The highest BCUT2D eigenvalue weighted by atomic mass is 16.3. The van der Waals surface area contributed by atoms with E-state index in [2.05, 4.69) is 75.9 Å². The maximum atomic E-state index is 13.7. The molecule has 5 aromatic rings. The second-order valence-electron chi connectivity index (χ2n) is 9.05. The number of aromatic amines is 1. The number of carbonyl (C=O) groups excluding carboxylic acids is 1. The fraction of sp³-hybridized carbons (Fsp3) is 0.200. The molecule has 1 heterocycles. The van der Waals surface area contributed by atoms with Crippen molar-refractivity contribution in [2.45, 2.75) is 25.3 Å². The van der Waals surface area contributed by atoms with Crippen molar-refractivity contribution >= 4 is 27.5 Å². The normalized spacial score (nSPS) is 12.3. The highest BCUT2D eigenvalue weighted by Crippen LogP contribution is 2.26. The number of nitrogens with one attached hydrogen (secondary N) is 2. The lowest BCUT2D eigenvalue weighted by atomic mass is 9.87. The number of rotatable bonds is 9. The molecule has 0 fully saturated rings. The van der Waals surface area contributed by atoms with Crippen LogP contribution in [-0.2, 0) is 24.1 Å². The molecule has 0 radical (unpaired) electrons. The number of hydrogen-bond acceptors (Lipinski definition) is 3. The summed E-state index contributed by atoms with van der Waals surface area (Å²) in [6.07, 6.45) is 5.04. The van der Waals surface area contributed by atoms with Gasteiger partial charge in [0.05, 0.1) is 19.0 Å². The van der Waals surface area contributed by atoms with Gasteiger partial charge < -0.3 is 15.4 Å². The molecule has 0 saturated carbocycles. The molecule has 0 bridgehead atoms. The van der Waals surface area contributed by atoms with Crippen LogP contribution >= 0.6 is 0 Å². The standard InChI is InChI=1S/C30H29N3O2/c34-19-27(17-26-18-31-20-32-26)33-30(35)25(15-23-11-5-9-21-7-1-3-13-28(21)23)16-24-12-6-10-22-8-2-4-14-29(22)24/h1-14,18,20,25,27,34H,15-17,19H2,(H,31,32)(H,33,35)/t27-/m0/s1. The number of H-pyrrole nitrogens is 1. The van der Waals surface area contributed by atoms with E-state index in [-0.39, 0.29) is 24.5 Å². The van der Waals surface area contributed by atoms with E-state index in [1.807, 2.05) is 24.3 Å². The van der Waals surface area contributed by atoms with Crippen LogP contribution in [0.5, 0.6) is 0 Å². The maximum absolute atomic E-state index is 13.7. The lowest BCUT2D eigenvalue weighted by Gasteiger charge is -2.23. The average Bonchev–Trinajstić information content (AvgIpc) is 3.41. The molecule has 1 amide bonds. The Morgan fingerprint density at radius 1 is 0.800 bits per heavy atom.